The maximum atomic E-state index is 5.50. The van der Waals surface area contributed by atoms with Gasteiger partial charge >= 0.3 is 0 Å². The van der Waals surface area contributed by atoms with E-state index in [1.165, 1.54) is 5.01 Å². The number of aryl methyl sites for hydroxylation is 1. The van der Waals surface area contributed by atoms with Crippen LogP contribution in [0, 0.1) is 0 Å². The molecule has 84 valence electrons. The smallest absolute Gasteiger partial charge is 0.0926 e. The molecule has 2 atom stereocenters. The Kier molecular flexibility index (Phi) is 3.72. The molecule has 0 aromatic carbocycles. The first-order valence-electron chi connectivity index (χ1n) is 5.58. The highest BCUT2D eigenvalue weighted by molar-refractivity contribution is 7.09. The molecule has 2 rings (SSSR count). The van der Waals surface area contributed by atoms with Crippen molar-refractivity contribution in [2.75, 3.05) is 6.61 Å². The van der Waals surface area contributed by atoms with Gasteiger partial charge in [-0.1, -0.05) is 6.92 Å². The van der Waals surface area contributed by atoms with Gasteiger partial charge in [0.2, 0.25) is 0 Å². The molecular formula is C11H18N2OS. The van der Waals surface area contributed by atoms with Crippen molar-refractivity contribution in [1.29, 1.82) is 0 Å². The van der Waals surface area contributed by atoms with Crippen LogP contribution in [0.3, 0.4) is 0 Å². The van der Waals surface area contributed by atoms with Crippen LogP contribution >= 0.6 is 11.3 Å². The number of hydrogen-bond donors (Lipinski definition) is 1. The fraction of sp³-hybridized carbons (Fsp3) is 0.727. The molecule has 1 saturated heterocycles. The summed E-state index contributed by atoms with van der Waals surface area (Å²) in [6, 6.07) is 0.497. The molecule has 0 spiro atoms. The normalized spacial score (nSPS) is 26.0. The molecule has 3 nitrogen and oxygen atoms in total. The van der Waals surface area contributed by atoms with Crippen LogP contribution in [0.2, 0.25) is 0 Å². The van der Waals surface area contributed by atoms with Crippen LogP contribution < -0.4 is 5.32 Å². The molecule has 1 aromatic heterocycles. The first-order chi connectivity index (χ1) is 7.29. The zero-order valence-corrected chi connectivity index (χ0v) is 10.1. The molecule has 1 aliphatic rings. The minimum atomic E-state index is 0.342. The van der Waals surface area contributed by atoms with Crippen molar-refractivity contribution in [3.63, 3.8) is 0 Å². The highest BCUT2D eigenvalue weighted by atomic mass is 32.1. The average molecular weight is 226 g/mol. The van der Waals surface area contributed by atoms with E-state index in [9.17, 15) is 0 Å². The number of nitrogens with zero attached hydrogens (tertiary/aromatic N) is 1. The Morgan fingerprint density at radius 2 is 2.53 bits per heavy atom. The van der Waals surface area contributed by atoms with Gasteiger partial charge in [-0.15, -0.1) is 11.3 Å². The van der Waals surface area contributed by atoms with Crippen molar-refractivity contribution in [3.05, 3.63) is 16.1 Å². The van der Waals surface area contributed by atoms with Crippen molar-refractivity contribution >= 4 is 11.3 Å². The van der Waals surface area contributed by atoms with Crippen LogP contribution in [0.15, 0.2) is 5.38 Å². The maximum absolute atomic E-state index is 5.50. The molecule has 4 heteroatoms. The molecule has 0 aliphatic carbocycles. The van der Waals surface area contributed by atoms with Gasteiger partial charge in [-0.3, -0.25) is 0 Å². The van der Waals surface area contributed by atoms with Crippen LogP contribution in [-0.4, -0.2) is 23.7 Å². The van der Waals surface area contributed by atoms with Gasteiger partial charge in [0.15, 0.2) is 0 Å². The topological polar surface area (TPSA) is 34.2 Å². The molecule has 15 heavy (non-hydrogen) atoms. The summed E-state index contributed by atoms with van der Waals surface area (Å²) in [6.07, 6.45) is 2.49. The Hall–Kier alpha value is -0.450. The van der Waals surface area contributed by atoms with Crippen LogP contribution in [-0.2, 0) is 17.7 Å². The molecule has 0 amide bonds. The van der Waals surface area contributed by atoms with E-state index in [0.717, 1.165) is 31.7 Å². The van der Waals surface area contributed by atoms with Crippen LogP contribution in [0.5, 0.6) is 0 Å². The SMILES string of the molecule is CCc1nc(CNC2CCOC2C)cs1. The van der Waals surface area contributed by atoms with Crippen molar-refractivity contribution in [1.82, 2.24) is 10.3 Å². The standard InChI is InChI=1S/C11H18N2OS/c1-3-11-13-9(7-15-11)6-12-10-4-5-14-8(10)2/h7-8,10,12H,3-6H2,1-2H3. The summed E-state index contributed by atoms with van der Waals surface area (Å²) in [5.41, 5.74) is 1.16. The number of thiazole rings is 1. The summed E-state index contributed by atoms with van der Waals surface area (Å²) in [7, 11) is 0. The fourth-order valence-electron chi connectivity index (χ4n) is 1.83. The Balaban J connectivity index is 1.82. The minimum absolute atomic E-state index is 0.342. The van der Waals surface area contributed by atoms with E-state index in [-0.39, 0.29) is 0 Å². The first-order valence-corrected chi connectivity index (χ1v) is 6.46. The van der Waals surface area contributed by atoms with Crippen molar-refractivity contribution in [3.8, 4) is 0 Å². The van der Waals surface area contributed by atoms with Gasteiger partial charge in [-0.25, -0.2) is 4.98 Å². The quantitative estimate of drug-likeness (QED) is 0.852. The molecular weight excluding hydrogens is 208 g/mol. The van der Waals surface area contributed by atoms with Crippen LogP contribution in [0.1, 0.15) is 31.0 Å². The van der Waals surface area contributed by atoms with E-state index in [1.807, 2.05) is 0 Å². The predicted octanol–water partition coefficient (Wildman–Crippen LogP) is 1.97. The molecule has 0 bridgehead atoms. The molecule has 2 heterocycles. The van der Waals surface area contributed by atoms with E-state index in [1.54, 1.807) is 11.3 Å². The van der Waals surface area contributed by atoms with Gasteiger partial charge in [-0.2, -0.15) is 0 Å². The minimum Gasteiger partial charge on any atom is -0.377 e. The average Bonchev–Trinajstić information content (AvgIpc) is 2.84. The molecule has 1 aliphatic heterocycles. The third-order valence-electron chi connectivity index (χ3n) is 2.82. The lowest BCUT2D eigenvalue weighted by molar-refractivity contribution is 0.113. The van der Waals surface area contributed by atoms with Crippen LogP contribution in [0.25, 0.3) is 0 Å². The predicted molar refractivity (Wildman–Crippen MR) is 62.2 cm³/mol. The lowest BCUT2D eigenvalue weighted by Crippen LogP contribution is -2.34. The largest absolute Gasteiger partial charge is 0.377 e. The zero-order valence-electron chi connectivity index (χ0n) is 9.32. The summed E-state index contributed by atoms with van der Waals surface area (Å²) in [6.45, 7) is 6.02. The van der Waals surface area contributed by atoms with Gasteiger partial charge < -0.3 is 10.1 Å². The number of aromatic nitrogens is 1. The zero-order chi connectivity index (χ0) is 10.7. The number of rotatable bonds is 4. The second kappa shape index (κ2) is 5.05. The van der Waals surface area contributed by atoms with Crippen LogP contribution in [0.4, 0.5) is 0 Å². The summed E-state index contributed by atoms with van der Waals surface area (Å²) in [5, 5.41) is 6.87. The summed E-state index contributed by atoms with van der Waals surface area (Å²) in [5.74, 6) is 0. The summed E-state index contributed by atoms with van der Waals surface area (Å²) >= 11 is 1.75. The van der Waals surface area contributed by atoms with Crippen molar-refractivity contribution < 1.29 is 4.74 Å². The Bertz CT molecular complexity index is 313. The number of hydrogen-bond acceptors (Lipinski definition) is 4. The first kappa shape index (κ1) is 11.0. The maximum Gasteiger partial charge on any atom is 0.0926 e. The van der Waals surface area contributed by atoms with Gasteiger partial charge in [0, 0.05) is 24.6 Å². The van der Waals surface area contributed by atoms with E-state index in [2.05, 4.69) is 29.5 Å². The molecule has 2 unspecified atom stereocenters. The van der Waals surface area contributed by atoms with Crippen molar-refractivity contribution in [2.24, 2.45) is 0 Å². The third kappa shape index (κ3) is 2.77. The van der Waals surface area contributed by atoms with Gasteiger partial charge in [0.1, 0.15) is 0 Å². The lowest BCUT2D eigenvalue weighted by Gasteiger charge is -2.14. The van der Waals surface area contributed by atoms with E-state index in [4.69, 9.17) is 4.74 Å². The van der Waals surface area contributed by atoms with Gasteiger partial charge in [0.25, 0.3) is 0 Å². The number of ether oxygens (including phenoxy) is 1. The molecule has 1 aromatic rings. The number of nitrogens with one attached hydrogen (secondary N) is 1. The molecule has 1 N–H and O–H groups in total. The Morgan fingerprint density at radius 3 is 3.13 bits per heavy atom. The highest BCUT2D eigenvalue weighted by Crippen LogP contribution is 2.14. The molecule has 0 radical (unpaired) electrons. The molecule has 1 fully saturated rings. The Morgan fingerprint density at radius 1 is 1.67 bits per heavy atom. The van der Waals surface area contributed by atoms with E-state index in [0.29, 0.717) is 12.1 Å². The summed E-state index contributed by atoms with van der Waals surface area (Å²) in [4.78, 5) is 4.53. The lowest BCUT2D eigenvalue weighted by atomic mass is 10.1. The highest BCUT2D eigenvalue weighted by Gasteiger charge is 2.23. The third-order valence-corrected chi connectivity index (χ3v) is 3.87. The summed E-state index contributed by atoms with van der Waals surface area (Å²) < 4.78 is 5.50. The fourth-order valence-corrected chi connectivity index (χ4v) is 2.57. The Labute approximate surface area is 94.9 Å². The van der Waals surface area contributed by atoms with E-state index < -0.39 is 0 Å². The second-order valence-corrected chi connectivity index (χ2v) is 4.88. The second-order valence-electron chi connectivity index (χ2n) is 3.94. The van der Waals surface area contributed by atoms with Gasteiger partial charge in [-0.05, 0) is 19.8 Å². The van der Waals surface area contributed by atoms with E-state index >= 15 is 0 Å². The monoisotopic (exact) mass is 226 g/mol. The van der Waals surface area contributed by atoms with Crippen molar-refractivity contribution in [2.45, 2.75) is 45.4 Å². The van der Waals surface area contributed by atoms with Gasteiger partial charge in [0.05, 0.1) is 16.8 Å². The molecule has 0 saturated carbocycles.